The van der Waals surface area contributed by atoms with Crippen molar-refractivity contribution in [2.75, 3.05) is 24.7 Å². The van der Waals surface area contributed by atoms with Gasteiger partial charge in [-0.25, -0.2) is 4.98 Å². The molecule has 0 aromatic carbocycles. The first-order valence-corrected chi connectivity index (χ1v) is 7.25. The van der Waals surface area contributed by atoms with Gasteiger partial charge in [-0.1, -0.05) is 6.92 Å². The van der Waals surface area contributed by atoms with E-state index in [9.17, 15) is 0 Å². The fourth-order valence-electron chi connectivity index (χ4n) is 1.55. The first-order valence-electron chi connectivity index (χ1n) is 6.03. The van der Waals surface area contributed by atoms with Gasteiger partial charge < -0.3 is 10.1 Å². The molecule has 0 amide bonds. The Hall–Kier alpha value is -0.970. The monoisotopic (exact) mass is 253 g/mol. The minimum atomic E-state index is 0.420. The van der Waals surface area contributed by atoms with Crippen LogP contribution in [0.3, 0.4) is 0 Å². The number of ether oxygens (including phenoxy) is 1. The molecule has 0 spiro atoms. The third kappa shape index (κ3) is 3.49. The second-order valence-corrected chi connectivity index (χ2v) is 5.58. The molecule has 1 fully saturated rings. The van der Waals surface area contributed by atoms with Crippen molar-refractivity contribution in [3.63, 3.8) is 0 Å². The third-order valence-electron chi connectivity index (χ3n) is 2.89. The summed E-state index contributed by atoms with van der Waals surface area (Å²) in [5.74, 6) is 1.32. The molecular formula is C12H19N3OS. The predicted molar refractivity (Wildman–Crippen MR) is 71.8 cm³/mol. The molecule has 0 atom stereocenters. The van der Waals surface area contributed by atoms with Gasteiger partial charge in [-0.3, -0.25) is 0 Å². The number of thioether (sulfide) groups is 1. The van der Waals surface area contributed by atoms with Crippen LogP contribution in [0.25, 0.3) is 0 Å². The standard InChI is InChI=1S/C12H19N3OS/c1-3-8-16-10-4-7-13-11(15-10)14-9-12(17-2)5-6-12/h4,7H,3,5-6,8-9H2,1-2H3,(H,13,14,15). The quantitative estimate of drug-likeness (QED) is 0.809. The SMILES string of the molecule is CCCOc1ccnc(NCC2(SC)CC2)n1. The van der Waals surface area contributed by atoms with E-state index in [2.05, 4.69) is 28.5 Å². The molecular weight excluding hydrogens is 234 g/mol. The van der Waals surface area contributed by atoms with Gasteiger partial charge in [-0.05, 0) is 25.5 Å². The van der Waals surface area contributed by atoms with Crippen molar-refractivity contribution in [3.8, 4) is 5.88 Å². The maximum absolute atomic E-state index is 5.47. The predicted octanol–water partition coefficient (Wildman–Crippen LogP) is 2.57. The zero-order valence-electron chi connectivity index (χ0n) is 10.4. The van der Waals surface area contributed by atoms with E-state index >= 15 is 0 Å². The van der Waals surface area contributed by atoms with Crippen LogP contribution in [-0.2, 0) is 0 Å². The van der Waals surface area contributed by atoms with Gasteiger partial charge in [0.25, 0.3) is 0 Å². The summed E-state index contributed by atoms with van der Waals surface area (Å²) < 4.78 is 5.89. The molecule has 1 heterocycles. The Morgan fingerprint density at radius 2 is 2.35 bits per heavy atom. The van der Waals surface area contributed by atoms with Crippen molar-refractivity contribution in [1.82, 2.24) is 9.97 Å². The number of hydrogen-bond donors (Lipinski definition) is 1. The highest BCUT2D eigenvalue weighted by Gasteiger charge is 2.41. The average Bonchev–Trinajstić information content (AvgIpc) is 3.15. The zero-order valence-corrected chi connectivity index (χ0v) is 11.2. The Morgan fingerprint density at radius 1 is 1.53 bits per heavy atom. The first-order chi connectivity index (χ1) is 8.28. The molecule has 1 aliphatic carbocycles. The summed E-state index contributed by atoms with van der Waals surface area (Å²) in [5, 5.41) is 3.29. The lowest BCUT2D eigenvalue weighted by Gasteiger charge is -2.13. The van der Waals surface area contributed by atoms with Crippen molar-refractivity contribution in [2.24, 2.45) is 0 Å². The lowest BCUT2D eigenvalue weighted by atomic mass is 10.4. The normalized spacial score (nSPS) is 16.6. The summed E-state index contributed by atoms with van der Waals surface area (Å²) in [6.45, 7) is 3.71. The van der Waals surface area contributed by atoms with Crippen LogP contribution >= 0.6 is 11.8 Å². The van der Waals surface area contributed by atoms with E-state index in [1.165, 1.54) is 12.8 Å². The van der Waals surface area contributed by atoms with Gasteiger partial charge in [-0.15, -0.1) is 0 Å². The molecule has 0 radical (unpaired) electrons. The highest BCUT2D eigenvalue weighted by molar-refractivity contribution is 8.00. The topological polar surface area (TPSA) is 47.0 Å². The van der Waals surface area contributed by atoms with E-state index < -0.39 is 0 Å². The Morgan fingerprint density at radius 3 is 3.00 bits per heavy atom. The molecule has 94 valence electrons. The summed E-state index contributed by atoms with van der Waals surface area (Å²) in [5.41, 5.74) is 0. The minimum absolute atomic E-state index is 0.420. The highest BCUT2D eigenvalue weighted by Crippen LogP contribution is 2.46. The van der Waals surface area contributed by atoms with Gasteiger partial charge in [0, 0.05) is 23.6 Å². The van der Waals surface area contributed by atoms with Gasteiger partial charge in [0.15, 0.2) is 0 Å². The fraction of sp³-hybridized carbons (Fsp3) is 0.667. The van der Waals surface area contributed by atoms with Crippen molar-refractivity contribution in [1.29, 1.82) is 0 Å². The van der Waals surface area contributed by atoms with Crippen molar-refractivity contribution < 1.29 is 4.74 Å². The van der Waals surface area contributed by atoms with E-state index in [1.807, 2.05) is 11.8 Å². The Bertz CT molecular complexity index is 369. The largest absolute Gasteiger partial charge is 0.478 e. The summed E-state index contributed by atoms with van der Waals surface area (Å²) >= 11 is 1.93. The van der Waals surface area contributed by atoms with E-state index in [0.717, 1.165) is 13.0 Å². The molecule has 1 N–H and O–H groups in total. The van der Waals surface area contributed by atoms with Crippen molar-refractivity contribution in [2.45, 2.75) is 30.9 Å². The molecule has 17 heavy (non-hydrogen) atoms. The second kappa shape index (κ2) is 5.58. The molecule has 1 aliphatic rings. The summed E-state index contributed by atoms with van der Waals surface area (Å²) in [4.78, 5) is 8.52. The number of nitrogens with one attached hydrogen (secondary N) is 1. The van der Waals surface area contributed by atoms with Gasteiger partial charge >= 0.3 is 0 Å². The molecule has 4 nitrogen and oxygen atoms in total. The molecule has 0 unspecified atom stereocenters. The minimum Gasteiger partial charge on any atom is -0.478 e. The van der Waals surface area contributed by atoms with Crippen LogP contribution in [0, 0.1) is 0 Å². The van der Waals surface area contributed by atoms with Gasteiger partial charge in [0.05, 0.1) is 6.61 Å². The van der Waals surface area contributed by atoms with Crippen LogP contribution in [0.5, 0.6) is 5.88 Å². The maximum Gasteiger partial charge on any atom is 0.225 e. The number of hydrogen-bond acceptors (Lipinski definition) is 5. The first kappa shape index (κ1) is 12.5. The Labute approximate surface area is 107 Å². The molecule has 2 rings (SSSR count). The molecule has 0 bridgehead atoms. The van der Waals surface area contributed by atoms with Gasteiger partial charge in [0.1, 0.15) is 0 Å². The molecule has 1 saturated carbocycles. The molecule has 0 saturated heterocycles. The smallest absolute Gasteiger partial charge is 0.225 e. The summed E-state index contributed by atoms with van der Waals surface area (Å²) in [6, 6.07) is 1.79. The summed E-state index contributed by atoms with van der Waals surface area (Å²) in [7, 11) is 0. The van der Waals surface area contributed by atoms with E-state index in [4.69, 9.17) is 4.74 Å². The number of rotatable bonds is 7. The third-order valence-corrected chi connectivity index (χ3v) is 4.31. The van der Waals surface area contributed by atoms with E-state index in [1.54, 1.807) is 12.3 Å². The molecule has 1 aromatic rings. The van der Waals surface area contributed by atoms with Gasteiger partial charge in [0.2, 0.25) is 11.8 Å². The average molecular weight is 253 g/mol. The number of aromatic nitrogens is 2. The van der Waals surface area contributed by atoms with Crippen LogP contribution in [0.1, 0.15) is 26.2 Å². The Balaban J connectivity index is 1.87. The van der Waals surface area contributed by atoms with Crippen molar-refractivity contribution in [3.05, 3.63) is 12.3 Å². The zero-order chi connectivity index (χ0) is 12.1. The van der Waals surface area contributed by atoms with E-state index in [-0.39, 0.29) is 0 Å². The highest BCUT2D eigenvalue weighted by atomic mass is 32.2. The molecule has 1 aromatic heterocycles. The molecule has 0 aliphatic heterocycles. The number of anilines is 1. The molecule has 5 heteroatoms. The van der Waals surface area contributed by atoms with Crippen LogP contribution in [-0.4, -0.2) is 34.1 Å². The second-order valence-electron chi connectivity index (χ2n) is 4.31. The van der Waals surface area contributed by atoms with Crippen molar-refractivity contribution >= 4 is 17.7 Å². The Kier molecular flexibility index (Phi) is 4.10. The van der Waals surface area contributed by atoms with Crippen LogP contribution < -0.4 is 10.1 Å². The maximum atomic E-state index is 5.47. The van der Waals surface area contributed by atoms with E-state index in [0.29, 0.717) is 23.2 Å². The lowest BCUT2D eigenvalue weighted by Crippen LogP contribution is -2.18. The lowest BCUT2D eigenvalue weighted by molar-refractivity contribution is 0.305. The van der Waals surface area contributed by atoms with Crippen LogP contribution in [0.4, 0.5) is 5.95 Å². The fourth-order valence-corrected chi connectivity index (χ4v) is 2.27. The summed E-state index contributed by atoms with van der Waals surface area (Å²) in [6.07, 6.45) is 7.46. The number of nitrogens with zero attached hydrogens (tertiary/aromatic N) is 2. The van der Waals surface area contributed by atoms with Gasteiger partial charge in [-0.2, -0.15) is 16.7 Å². The van der Waals surface area contributed by atoms with Crippen LogP contribution in [0.2, 0.25) is 0 Å². The van der Waals surface area contributed by atoms with Crippen LogP contribution in [0.15, 0.2) is 12.3 Å².